The Labute approximate surface area is 161 Å². The van der Waals surface area contributed by atoms with Gasteiger partial charge < -0.3 is 10.1 Å². The highest BCUT2D eigenvalue weighted by atomic mass is 32.2. The molecule has 0 aromatic heterocycles. The molecule has 1 N–H and O–H groups in total. The molecule has 0 bridgehead atoms. The van der Waals surface area contributed by atoms with Crippen molar-refractivity contribution >= 4 is 15.7 Å². The molecule has 2 aromatic rings. The lowest BCUT2D eigenvalue weighted by molar-refractivity contribution is 0.315. The van der Waals surface area contributed by atoms with Crippen LogP contribution in [0.4, 0.5) is 5.69 Å². The molecule has 144 valence electrons. The van der Waals surface area contributed by atoms with Crippen molar-refractivity contribution in [2.45, 2.75) is 38.8 Å². The highest BCUT2D eigenvalue weighted by Crippen LogP contribution is 2.32. The number of anilines is 1. The molecule has 1 fully saturated rings. The predicted octanol–water partition coefficient (Wildman–Crippen LogP) is 3.54. The second kappa shape index (κ2) is 7.52. The van der Waals surface area contributed by atoms with E-state index in [0.717, 1.165) is 36.4 Å². The normalized spacial score (nSPS) is 21.4. The number of nitrogens with one attached hydrogen (secondary N) is 1. The monoisotopic (exact) mass is 386 g/mol. The van der Waals surface area contributed by atoms with Crippen LogP contribution >= 0.6 is 0 Å². The van der Waals surface area contributed by atoms with Crippen molar-refractivity contribution in [1.82, 2.24) is 5.32 Å². The van der Waals surface area contributed by atoms with Crippen LogP contribution in [0.25, 0.3) is 0 Å². The Morgan fingerprint density at radius 3 is 2.89 bits per heavy atom. The Bertz CT molecular complexity index is 927. The van der Waals surface area contributed by atoms with E-state index in [-0.39, 0.29) is 11.8 Å². The SMILES string of the molecule is Cc1ccc2c(c1)OCCCC2NCc1cccc(N2CCCS2(=O)=O)c1. The number of hydrogen-bond donors (Lipinski definition) is 1. The van der Waals surface area contributed by atoms with E-state index >= 15 is 0 Å². The molecule has 1 saturated heterocycles. The average molecular weight is 387 g/mol. The van der Waals surface area contributed by atoms with Gasteiger partial charge >= 0.3 is 0 Å². The number of sulfonamides is 1. The van der Waals surface area contributed by atoms with Crippen LogP contribution in [0.15, 0.2) is 42.5 Å². The lowest BCUT2D eigenvalue weighted by Crippen LogP contribution is -2.25. The van der Waals surface area contributed by atoms with E-state index in [1.807, 2.05) is 24.3 Å². The van der Waals surface area contributed by atoms with E-state index in [1.165, 1.54) is 15.4 Å². The molecule has 2 aromatic carbocycles. The number of rotatable bonds is 4. The van der Waals surface area contributed by atoms with Crippen molar-refractivity contribution in [2.24, 2.45) is 0 Å². The molecule has 0 spiro atoms. The maximum Gasteiger partial charge on any atom is 0.235 e. The van der Waals surface area contributed by atoms with Crippen molar-refractivity contribution in [3.05, 3.63) is 59.2 Å². The number of aryl methyl sites for hydroxylation is 1. The van der Waals surface area contributed by atoms with Gasteiger partial charge in [-0.1, -0.05) is 24.3 Å². The molecule has 0 saturated carbocycles. The van der Waals surface area contributed by atoms with Gasteiger partial charge in [-0.3, -0.25) is 4.31 Å². The van der Waals surface area contributed by atoms with Crippen LogP contribution in [0.5, 0.6) is 5.75 Å². The molecule has 27 heavy (non-hydrogen) atoms. The summed E-state index contributed by atoms with van der Waals surface area (Å²) in [6, 6.07) is 14.5. The molecule has 2 aliphatic heterocycles. The van der Waals surface area contributed by atoms with Gasteiger partial charge in [0.25, 0.3) is 0 Å². The molecule has 2 heterocycles. The van der Waals surface area contributed by atoms with Gasteiger partial charge in [0.15, 0.2) is 0 Å². The van der Waals surface area contributed by atoms with Gasteiger partial charge in [-0.05, 0) is 55.5 Å². The molecule has 2 aliphatic rings. The van der Waals surface area contributed by atoms with Gasteiger partial charge in [0.1, 0.15) is 5.75 Å². The third-order valence-electron chi connectivity index (χ3n) is 5.29. The van der Waals surface area contributed by atoms with Gasteiger partial charge in [-0.15, -0.1) is 0 Å². The Morgan fingerprint density at radius 1 is 1.19 bits per heavy atom. The summed E-state index contributed by atoms with van der Waals surface area (Å²) in [6.07, 6.45) is 2.73. The molecule has 5 nitrogen and oxygen atoms in total. The summed E-state index contributed by atoms with van der Waals surface area (Å²) in [6.45, 7) is 4.09. The van der Waals surface area contributed by atoms with Crippen molar-refractivity contribution in [2.75, 3.05) is 23.2 Å². The van der Waals surface area contributed by atoms with Crippen LogP contribution in [0.2, 0.25) is 0 Å². The summed E-state index contributed by atoms with van der Waals surface area (Å²) in [5.41, 5.74) is 4.27. The molecule has 1 atom stereocenters. The lowest BCUT2D eigenvalue weighted by Gasteiger charge is -2.20. The van der Waals surface area contributed by atoms with Crippen LogP contribution in [0.3, 0.4) is 0 Å². The van der Waals surface area contributed by atoms with Crippen LogP contribution in [0.1, 0.15) is 42.0 Å². The van der Waals surface area contributed by atoms with E-state index in [9.17, 15) is 8.42 Å². The van der Waals surface area contributed by atoms with Crippen molar-refractivity contribution in [3.8, 4) is 5.75 Å². The third kappa shape index (κ3) is 3.96. The zero-order chi connectivity index (χ0) is 18.9. The Morgan fingerprint density at radius 2 is 2.07 bits per heavy atom. The molecule has 6 heteroatoms. The summed E-state index contributed by atoms with van der Waals surface area (Å²) >= 11 is 0. The van der Waals surface area contributed by atoms with Gasteiger partial charge in [-0.2, -0.15) is 0 Å². The van der Waals surface area contributed by atoms with Gasteiger partial charge in [0, 0.05) is 24.7 Å². The lowest BCUT2D eigenvalue weighted by atomic mass is 10.0. The Hall–Kier alpha value is -2.05. The zero-order valence-electron chi connectivity index (χ0n) is 15.6. The summed E-state index contributed by atoms with van der Waals surface area (Å²) in [7, 11) is -3.14. The minimum Gasteiger partial charge on any atom is -0.493 e. The van der Waals surface area contributed by atoms with Crippen LogP contribution in [-0.4, -0.2) is 27.3 Å². The number of benzene rings is 2. The second-order valence-electron chi connectivity index (χ2n) is 7.38. The van der Waals surface area contributed by atoms with Crippen LogP contribution < -0.4 is 14.4 Å². The standard InChI is InChI=1S/C21H26N2O3S/c1-16-8-9-19-20(7-3-11-26-21(19)13-16)22-15-17-5-2-6-18(14-17)23-10-4-12-27(23,24)25/h2,5-6,8-9,13-14,20,22H,3-4,7,10-12,15H2,1H3. The molecule has 0 amide bonds. The maximum atomic E-state index is 12.2. The minimum atomic E-state index is -3.14. The first-order chi connectivity index (χ1) is 13.0. The van der Waals surface area contributed by atoms with Gasteiger partial charge in [0.2, 0.25) is 10.0 Å². The fraction of sp³-hybridized carbons (Fsp3) is 0.429. The van der Waals surface area contributed by atoms with Crippen molar-refractivity contribution in [3.63, 3.8) is 0 Å². The average Bonchev–Trinajstić information content (AvgIpc) is 2.89. The predicted molar refractivity (Wildman–Crippen MR) is 108 cm³/mol. The summed E-state index contributed by atoms with van der Waals surface area (Å²) < 4.78 is 31.8. The fourth-order valence-corrected chi connectivity index (χ4v) is 5.44. The first-order valence-electron chi connectivity index (χ1n) is 9.59. The maximum absolute atomic E-state index is 12.2. The highest BCUT2D eigenvalue weighted by molar-refractivity contribution is 7.93. The fourth-order valence-electron chi connectivity index (χ4n) is 3.88. The van der Waals surface area contributed by atoms with Crippen LogP contribution in [0, 0.1) is 6.92 Å². The first-order valence-corrected chi connectivity index (χ1v) is 11.2. The summed E-state index contributed by atoms with van der Waals surface area (Å²) in [4.78, 5) is 0. The zero-order valence-corrected chi connectivity index (χ0v) is 16.5. The second-order valence-corrected chi connectivity index (χ2v) is 9.39. The Balaban J connectivity index is 1.50. The number of hydrogen-bond acceptors (Lipinski definition) is 4. The Kier molecular flexibility index (Phi) is 5.10. The summed E-state index contributed by atoms with van der Waals surface area (Å²) in [5.74, 6) is 1.22. The smallest absolute Gasteiger partial charge is 0.235 e. The van der Waals surface area contributed by atoms with Crippen molar-refractivity contribution in [1.29, 1.82) is 0 Å². The van der Waals surface area contributed by atoms with E-state index < -0.39 is 10.0 Å². The van der Waals surface area contributed by atoms with Gasteiger partial charge in [-0.25, -0.2) is 8.42 Å². The van der Waals surface area contributed by atoms with Crippen LogP contribution in [-0.2, 0) is 16.6 Å². The van der Waals surface area contributed by atoms with Crippen molar-refractivity contribution < 1.29 is 13.2 Å². The molecule has 0 radical (unpaired) electrons. The van der Waals surface area contributed by atoms with Gasteiger partial charge in [0.05, 0.1) is 18.0 Å². The molecular weight excluding hydrogens is 360 g/mol. The number of nitrogens with zero attached hydrogens (tertiary/aromatic N) is 1. The quantitative estimate of drug-likeness (QED) is 0.873. The number of fused-ring (bicyclic) bond motifs is 1. The topological polar surface area (TPSA) is 58.6 Å². The van der Waals surface area contributed by atoms with E-state index in [0.29, 0.717) is 19.5 Å². The van der Waals surface area contributed by atoms with E-state index in [2.05, 4.69) is 30.4 Å². The van der Waals surface area contributed by atoms with E-state index in [1.54, 1.807) is 0 Å². The molecule has 4 rings (SSSR count). The van der Waals surface area contributed by atoms with E-state index in [4.69, 9.17) is 4.74 Å². The molecule has 1 unspecified atom stereocenters. The first kappa shape index (κ1) is 18.3. The third-order valence-corrected chi connectivity index (χ3v) is 7.16. The highest BCUT2D eigenvalue weighted by Gasteiger charge is 2.28. The summed E-state index contributed by atoms with van der Waals surface area (Å²) in [5, 5.41) is 3.64. The molecular formula is C21H26N2O3S. The largest absolute Gasteiger partial charge is 0.493 e. The molecule has 0 aliphatic carbocycles. The minimum absolute atomic E-state index is 0.238. The number of ether oxygens (including phenoxy) is 1.